The Morgan fingerprint density at radius 1 is 1.30 bits per heavy atom. The van der Waals surface area contributed by atoms with E-state index < -0.39 is 0 Å². The molecule has 2 aliphatic heterocycles. The largest absolute Gasteiger partial charge is 0.379 e. The monoisotopic (exact) mass is 373 g/mol. The fourth-order valence-corrected chi connectivity index (χ4v) is 3.99. The summed E-state index contributed by atoms with van der Waals surface area (Å²) in [4.78, 5) is 9.82. The van der Waals surface area contributed by atoms with Crippen molar-refractivity contribution in [3.05, 3.63) is 30.3 Å². The van der Waals surface area contributed by atoms with Crippen LogP contribution in [0.15, 0.2) is 35.3 Å². The normalized spacial score (nSPS) is 25.4. The van der Waals surface area contributed by atoms with Crippen molar-refractivity contribution in [2.75, 3.05) is 50.8 Å². The molecule has 0 spiro atoms. The number of ether oxygens (including phenoxy) is 1. The molecule has 2 N–H and O–H groups in total. The molecule has 27 heavy (non-hydrogen) atoms. The molecule has 6 nitrogen and oxygen atoms in total. The maximum atomic E-state index is 5.55. The summed E-state index contributed by atoms with van der Waals surface area (Å²) in [6.45, 7) is 13.1. The van der Waals surface area contributed by atoms with Gasteiger partial charge in [-0.25, -0.2) is 0 Å². The number of anilines is 1. The Balaban J connectivity index is 1.53. The molecule has 0 radical (unpaired) electrons. The van der Waals surface area contributed by atoms with E-state index in [2.05, 4.69) is 71.5 Å². The minimum atomic E-state index is 0.420. The van der Waals surface area contributed by atoms with Gasteiger partial charge in [0.15, 0.2) is 5.96 Å². The Morgan fingerprint density at radius 3 is 2.85 bits per heavy atom. The highest BCUT2D eigenvalue weighted by molar-refractivity contribution is 5.80. The van der Waals surface area contributed by atoms with Crippen molar-refractivity contribution in [2.24, 2.45) is 4.99 Å². The summed E-state index contributed by atoms with van der Waals surface area (Å²) in [5, 5.41) is 7.05. The summed E-state index contributed by atoms with van der Waals surface area (Å²) < 4.78 is 5.55. The van der Waals surface area contributed by atoms with Gasteiger partial charge >= 0.3 is 0 Å². The van der Waals surface area contributed by atoms with Crippen LogP contribution >= 0.6 is 0 Å². The molecule has 0 aromatic heterocycles. The highest BCUT2D eigenvalue weighted by Gasteiger charge is 2.25. The Bertz CT molecular complexity index is 593. The van der Waals surface area contributed by atoms with Crippen molar-refractivity contribution in [1.29, 1.82) is 0 Å². The third kappa shape index (κ3) is 5.59. The number of aliphatic imine (C=N–C) groups is 1. The standard InChI is InChI=1S/C21H35N5O/c1-4-22-21(23-14-17(2)26-12-13-27-16-18(26)3)24-19-10-11-25(15-19)20-8-6-5-7-9-20/h5-9,17-19H,4,10-16H2,1-3H3,(H2,22,23,24). The van der Waals surface area contributed by atoms with Crippen LogP contribution in [0.1, 0.15) is 27.2 Å². The number of rotatable bonds is 6. The molecule has 0 saturated carbocycles. The van der Waals surface area contributed by atoms with Crippen LogP contribution < -0.4 is 15.5 Å². The first kappa shape index (κ1) is 20.0. The van der Waals surface area contributed by atoms with E-state index in [0.717, 1.165) is 58.3 Å². The summed E-state index contributed by atoms with van der Waals surface area (Å²) in [6, 6.07) is 12.0. The fraction of sp³-hybridized carbons (Fsp3) is 0.667. The van der Waals surface area contributed by atoms with E-state index >= 15 is 0 Å². The Hall–Kier alpha value is -1.79. The summed E-state index contributed by atoms with van der Waals surface area (Å²) in [7, 11) is 0. The number of hydrogen-bond donors (Lipinski definition) is 2. The van der Waals surface area contributed by atoms with Crippen LogP contribution in [0.25, 0.3) is 0 Å². The molecule has 6 heteroatoms. The second-order valence-corrected chi connectivity index (χ2v) is 7.64. The van der Waals surface area contributed by atoms with Gasteiger partial charge in [0, 0.05) is 50.0 Å². The van der Waals surface area contributed by atoms with Gasteiger partial charge in [-0.15, -0.1) is 0 Å². The molecular formula is C21H35N5O. The van der Waals surface area contributed by atoms with Crippen LogP contribution in [-0.4, -0.2) is 74.9 Å². The van der Waals surface area contributed by atoms with Crippen LogP contribution in [0.2, 0.25) is 0 Å². The van der Waals surface area contributed by atoms with Crippen molar-refractivity contribution in [1.82, 2.24) is 15.5 Å². The van der Waals surface area contributed by atoms with Gasteiger partial charge in [-0.3, -0.25) is 9.89 Å². The zero-order valence-corrected chi connectivity index (χ0v) is 17.0. The first-order chi connectivity index (χ1) is 13.2. The number of nitrogens with one attached hydrogen (secondary N) is 2. The minimum Gasteiger partial charge on any atom is -0.379 e. The predicted octanol–water partition coefficient (Wildman–Crippen LogP) is 1.93. The summed E-state index contributed by atoms with van der Waals surface area (Å²) in [5.74, 6) is 0.935. The molecule has 150 valence electrons. The maximum Gasteiger partial charge on any atom is 0.191 e. The molecule has 2 fully saturated rings. The molecule has 0 aliphatic carbocycles. The number of morpholine rings is 1. The molecule has 1 aromatic rings. The third-order valence-electron chi connectivity index (χ3n) is 5.49. The molecule has 3 unspecified atom stereocenters. The summed E-state index contributed by atoms with van der Waals surface area (Å²) >= 11 is 0. The van der Waals surface area contributed by atoms with Crippen LogP contribution in [0.5, 0.6) is 0 Å². The Labute approximate surface area is 164 Å². The van der Waals surface area contributed by atoms with Crippen molar-refractivity contribution in [2.45, 2.75) is 45.3 Å². The second kappa shape index (κ2) is 9.95. The smallest absolute Gasteiger partial charge is 0.191 e. The van der Waals surface area contributed by atoms with Gasteiger partial charge < -0.3 is 20.3 Å². The Morgan fingerprint density at radius 2 is 2.11 bits per heavy atom. The van der Waals surface area contributed by atoms with Crippen molar-refractivity contribution in [3.63, 3.8) is 0 Å². The lowest BCUT2D eigenvalue weighted by Crippen LogP contribution is -2.50. The third-order valence-corrected chi connectivity index (χ3v) is 5.49. The van der Waals surface area contributed by atoms with Gasteiger partial charge in [0.1, 0.15) is 0 Å². The minimum absolute atomic E-state index is 0.420. The van der Waals surface area contributed by atoms with Crippen molar-refractivity contribution in [3.8, 4) is 0 Å². The zero-order valence-electron chi connectivity index (χ0n) is 17.0. The first-order valence-corrected chi connectivity index (χ1v) is 10.4. The molecule has 0 bridgehead atoms. The SMILES string of the molecule is CCNC(=NCC(C)N1CCOCC1C)NC1CCN(c2ccccc2)C1. The lowest BCUT2D eigenvalue weighted by molar-refractivity contribution is -0.0165. The van der Waals surface area contributed by atoms with E-state index in [-0.39, 0.29) is 0 Å². The summed E-state index contributed by atoms with van der Waals surface area (Å²) in [6.07, 6.45) is 1.13. The van der Waals surface area contributed by atoms with Crippen LogP contribution in [-0.2, 0) is 4.74 Å². The fourth-order valence-electron chi connectivity index (χ4n) is 3.99. The average molecular weight is 374 g/mol. The molecule has 2 saturated heterocycles. The summed E-state index contributed by atoms with van der Waals surface area (Å²) in [5.41, 5.74) is 1.30. The van der Waals surface area contributed by atoms with Gasteiger partial charge in [-0.05, 0) is 39.3 Å². The van der Waals surface area contributed by atoms with E-state index in [0.29, 0.717) is 18.1 Å². The van der Waals surface area contributed by atoms with Crippen molar-refractivity contribution < 1.29 is 4.74 Å². The Kier molecular flexibility index (Phi) is 7.35. The van der Waals surface area contributed by atoms with Crippen LogP contribution in [0.4, 0.5) is 5.69 Å². The highest BCUT2D eigenvalue weighted by Crippen LogP contribution is 2.19. The van der Waals surface area contributed by atoms with Crippen LogP contribution in [0.3, 0.4) is 0 Å². The van der Waals surface area contributed by atoms with Gasteiger partial charge in [-0.2, -0.15) is 0 Å². The first-order valence-electron chi connectivity index (χ1n) is 10.4. The number of nitrogens with zero attached hydrogens (tertiary/aromatic N) is 3. The molecule has 2 heterocycles. The molecule has 2 aliphatic rings. The molecule has 3 atom stereocenters. The average Bonchev–Trinajstić information content (AvgIpc) is 3.16. The predicted molar refractivity (Wildman–Crippen MR) is 113 cm³/mol. The van der Waals surface area contributed by atoms with Crippen molar-refractivity contribution >= 4 is 11.6 Å². The van der Waals surface area contributed by atoms with E-state index in [1.54, 1.807) is 0 Å². The van der Waals surface area contributed by atoms with Crippen LogP contribution in [0, 0.1) is 0 Å². The quantitative estimate of drug-likeness (QED) is 0.589. The van der Waals surface area contributed by atoms with Gasteiger partial charge in [0.2, 0.25) is 0 Å². The second-order valence-electron chi connectivity index (χ2n) is 7.64. The molecule has 0 amide bonds. The maximum absolute atomic E-state index is 5.55. The lowest BCUT2D eigenvalue weighted by Gasteiger charge is -2.37. The van der Waals surface area contributed by atoms with Gasteiger partial charge in [0.05, 0.1) is 19.8 Å². The highest BCUT2D eigenvalue weighted by atomic mass is 16.5. The number of hydrogen-bond acceptors (Lipinski definition) is 4. The van der Waals surface area contributed by atoms with E-state index in [1.165, 1.54) is 5.69 Å². The van der Waals surface area contributed by atoms with E-state index in [9.17, 15) is 0 Å². The number of benzene rings is 1. The lowest BCUT2D eigenvalue weighted by atomic mass is 10.2. The molecule has 3 rings (SSSR count). The molecule has 1 aromatic carbocycles. The zero-order chi connectivity index (χ0) is 19.1. The number of para-hydroxylation sites is 1. The van der Waals surface area contributed by atoms with Gasteiger partial charge in [0.25, 0.3) is 0 Å². The molecular weight excluding hydrogens is 338 g/mol. The van der Waals surface area contributed by atoms with E-state index in [1.807, 2.05) is 0 Å². The number of guanidine groups is 1. The van der Waals surface area contributed by atoms with E-state index in [4.69, 9.17) is 9.73 Å². The van der Waals surface area contributed by atoms with Gasteiger partial charge in [-0.1, -0.05) is 18.2 Å². The topological polar surface area (TPSA) is 52.1 Å².